The second-order valence-electron chi connectivity index (χ2n) is 7.19. The van der Waals surface area contributed by atoms with Crippen LogP contribution in [0.15, 0.2) is 48.5 Å². The van der Waals surface area contributed by atoms with Crippen molar-refractivity contribution in [3.05, 3.63) is 81.5 Å². The van der Waals surface area contributed by atoms with Gasteiger partial charge in [0.1, 0.15) is 5.82 Å². The van der Waals surface area contributed by atoms with Crippen molar-refractivity contribution < 1.29 is 27.2 Å². The highest BCUT2D eigenvalue weighted by molar-refractivity contribution is 7.18. The van der Waals surface area contributed by atoms with Gasteiger partial charge in [0, 0.05) is 18.0 Å². The zero-order valence-corrected chi connectivity index (χ0v) is 17.0. The number of hydrogen-bond donors (Lipinski definition) is 2. The minimum atomic E-state index is -4.50. The molecule has 0 saturated heterocycles. The Morgan fingerprint density at radius 3 is 2.55 bits per heavy atom. The highest BCUT2D eigenvalue weighted by atomic mass is 32.1. The van der Waals surface area contributed by atoms with Crippen molar-refractivity contribution >= 4 is 33.8 Å². The Kier molecular flexibility index (Phi) is 5.30. The fourth-order valence-electron chi connectivity index (χ4n) is 3.66. The number of benzene rings is 2. The number of carbonyl (C=O) groups is 2. The molecule has 0 fully saturated rings. The van der Waals surface area contributed by atoms with E-state index >= 15 is 0 Å². The Balaban J connectivity index is 1.71. The summed E-state index contributed by atoms with van der Waals surface area (Å²) in [5.74, 6) is -1.82. The largest absolute Gasteiger partial charge is 0.416 e. The second-order valence-corrected chi connectivity index (χ2v) is 8.21. The monoisotopic (exact) mass is 448 g/mol. The minimum Gasteiger partial charge on any atom is -0.321 e. The van der Waals surface area contributed by atoms with Gasteiger partial charge in [-0.05, 0) is 53.9 Å². The molecule has 160 valence electrons. The van der Waals surface area contributed by atoms with Crippen molar-refractivity contribution in [2.75, 3.05) is 10.6 Å². The molecule has 0 aliphatic carbocycles. The van der Waals surface area contributed by atoms with Gasteiger partial charge in [0.05, 0.1) is 15.4 Å². The average molecular weight is 448 g/mol. The summed E-state index contributed by atoms with van der Waals surface area (Å²) in [6.07, 6.45) is -4.52. The highest BCUT2D eigenvalue weighted by Crippen LogP contribution is 2.46. The van der Waals surface area contributed by atoms with E-state index in [0.29, 0.717) is 32.3 Å². The second kappa shape index (κ2) is 7.81. The third-order valence-electron chi connectivity index (χ3n) is 5.11. The fourth-order valence-corrected chi connectivity index (χ4v) is 4.84. The zero-order chi connectivity index (χ0) is 22.3. The molecule has 9 heteroatoms. The Bertz CT molecular complexity index is 1170. The van der Waals surface area contributed by atoms with Gasteiger partial charge in [-0.2, -0.15) is 13.2 Å². The maximum atomic E-state index is 13.2. The Morgan fingerprint density at radius 2 is 1.87 bits per heavy atom. The molecule has 1 atom stereocenters. The van der Waals surface area contributed by atoms with Gasteiger partial charge < -0.3 is 10.6 Å². The summed E-state index contributed by atoms with van der Waals surface area (Å²) in [7, 11) is 0. The lowest BCUT2D eigenvalue weighted by Gasteiger charge is -2.24. The molecular weight excluding hydrogens is 432 g/mol. The Morgan fingerprint density at radius 1 is 1.16 bits per heavy atom. The van der Waals surface area contributed by atoms with Crippen LogP contribution in [-0.4, -0.2) is 11.8 Å². The van der Waals surface area contributed by atoms with Gasteiger partial charge in [-0.25, -0.2) is 4.39 Å². The molecule has 2 amide bonds. The van der Waals surface area contributed by atoms with Crippen LogP contribution in [0.2, 0.25) is 0 Å². The number of anilines is 2. The number of thiophene rings is 1. The topological polar surface area (TPSA) is 58.2 Å². The molecule has 2 N–H and O–H groups in total. The molecule has 1 aliphatic rings. The number of carbonyl (C=O) groups excluding carboxylic acids is 2. The maximum Gasteiger partial charge on any atom is 0.416 e. The van der Waals surface area contributed by atoms with E-state index in [1.165, 1.54) is 30.3 Å². The molecule has 0 spiro atoms. The summed E-state index contributed by atoms with van der Waals surface area (Å²) < 4.78 is 52.6. The van der Waals surface area contributed by atoms with Crippen molar-refractivity contribution in [1.82, 2.24) is 0 Å². The first-order valence-corrected chi connectivity index (χ1v) is 10.1. The van der Waals surface area contributed by atoms with Crippen LogP contribution in [0.1, 0.15) is 44.3 Å². The van der Waals surface area contributed by atoms with E-state index in [-0.39, 0.29) is 12.3 Å². The molecule has 31 heavy (non-hydrogen) atoms. The molecule has 4 rings (SSSR count). The van der Waals surface area contributed by atoms with Gasteiger partial charge in [0.2, 0.25) is 5.91 Å². The summed E-state index contributed by atoms with van der Waals surface area (Å²) in [5.41, 5.74) is 1.18. The smallest absolute Gasteiger partial charge is 0.321 e. The van der Waals surface area contributed by atoms with Crippen molar-refractivity contribution in [3.8, 4) is 0 Å². The van der Waals surface area contributed by atoms with Crippen LogP contribution in [0.4, 0.5) is 28.3 Å². The van der Waals surface area contributed by atoms with Crippen molar-refractivity contribution in [2.24, 2.45) is 0 Å². The summed E-state index contributed by atoms with van der Waals surface area (Å²) in [4.78, 5) is 25.4. The zero-order valence-electron chi connectivity index (χ0n) is 16.1. The molecule has 1 aliphatic heterocycles. The summed E-state index contributed by atoms with van der Waals surface area (Å²) >= 11 is 1.06. The SMILES string of the molecule is Cc1c(C(=O)Nc2ccc(F)cc2)sc2c1C(c1cccc(C(F)(F)F)c1)CC(=O)N2. The average Bonchev–Trinajstić information content (AvgIpc) is 3.05. The maximum absolute atomic E-state index is 13.2. The number of rotatable bonds is 3. The Labute approximate surface area is 178 Å². The first kappa shape index (κ1) is 21.0. The number of alkyl halides is 3. The lowest BCUT2D eigenvalue weighted by molar-refractivity contribution is -0.137. The molecule has 2 aromatic carbocycles. The van der Waals surface area contributed by atoms with Gasteiger partial charge in [-0.1, -0.05) is 18.2 Å². The molecule has 4 nitrogen and oxygen atoms in total. The lowest BCUT2D eigenvalue weighted by atomic mass is 9.84. The molecule has 0 radical (unpaired) electrons. The third-order valence-corrected chi connectivity index (χ3v) is 6.33. The Hall–Kier alpha value is -3.20. The van der Waals surface area contributed by atoms with Crippen LogP contribution in [0.3, 0.4) is 0 Å². The molecule has 3 aromatic rings. The summed E-state index contributed by atoms with van der Waals surface area (Å²) in [6, 6.07) is 10.2. The third kappa shape index (κ3) is 4.18. The number of hydrogen-bond acceptors (Lipinski definition) is 3. The van der Waals surface area contributed by atoms with Crippen molar-refractivity contribution in [2.45, 2.75) is 25.4 Å². The van der Waals surface area contributed by atoms with Gasteiger partial charge in [0.25, 0.3) is 5.91 Å². The van der Waals surface area contributed by atoms with E-state index in [1.54, 1.807) is 13.0 Å². The van der Waals surface area contributed by atoms with E-state index < -0.39 is 29.4 Å². The molecular formula is C22H16F4N2O2S. The summed E-state index contributed by atoms with van der Waals surface area (Å²) in [6.45, 7) is 1.70. The van der Waals surface area contributed by atoms with Crippen molar-refractivity contribution in [1.29, 1.82) is 0 Å². The number of nitrogens with one attached hydrogen (secondary N) is 2. The first-order chi connectivity index (χ1) is 14.6. The molecule has 0 saturated carbocycles. The van der Waals surface area contributed by atoms with Crippen LogP contribution in [0, 0.1) is 12.7 Å². The number of fused-ring (bicyclic) bond motifs is 1. The van der Waals surface area contributed by atoms with Gasteiger partial charge in [-0.3, -0.25) is 9.59 Å². The normalized spacial score (nSPS) is 15.9. The van der Waals surface area contributed by atoms with Crippen LogP contribution in [0.25, 0.3) is 0 Å². The first-order valence-electron chi connectivity index (χ1n) is 9.30. The number of amides is 2. The van der Waals surface area contributed by atoms with E-state index in [9.17, 15) is 27.2 Å². The van der Waals surface area contributed by atoms with Gasteiger partial charge >= 0.3 is 6.18 Å². The van der Waals surface area contributed by atoms with Crippen LogP contribution >= 0.6 is 11.3 Å². The standard InChI is InChI=1S/C22H16F4N2O2S/c1-11-18-16(12-3-2-4-13(9-12)22(24,25)26)10-17(29)28-21(18)31-19(11)20(30)27-15-7-5-14(23)6-8-15/h2-9,16H,10H2,1H3,(H,27,30)(H,28,29). The summed E-state index contributed by atoms with van der Waals surface area (Å²) in [5, 5.41) is 5.84. The highest BCUT2D eigenvalue weighted by Gasteiger charge is 2.35. The van der Waals surface area contributed by atoms with Crippen LogP contribution in [0.5, 0.6) is 0 Å². The fraction of sp³-hybridized carbons (Fsp3) is 0.182. The van der Waals surface area contributed by atoms with E-state index in [4.69, 9.17) is 0 Å². The predicted octanol–water partition coefficient (Wildman–Crippen LogP) is 5.94. The predicted molar refractivity (Wildman–Crippen MR) is 110 cm³/mol. The van der Waals surface area contributed by atoms with Crippen molar-refractivity contribution in [3.63, 3.8) is 0 Å². The van der Waals surface area contributed by atoms with E-state index in [2.05, 4.69) is 10.6 Å². The van der Waals surface area contributed by atoms with E-state index in [1.807, 2.05) is 0 Å². The van der Waals surface area contributed by atoms with Crippen LogP contribution < -0.4 is 10.6 Å². The van der Waals surface area contributed by atoms with E-state index in [0.717, 1.165) is 23.5 Å². The quantitative estimate of drug-likeness (QED) is 0.487. The van der Waals surface area contributed by atoms with Gasteiger partial charge in [0.15, 0.2) is 0 Å². The number of halogens is 4. The molecule has 1 unspecified atom stereocenters. The molecule has 1 aromatic heterocycles. The molecule has 0 bridgehead atoms. The minimum absolute atomic E-state index is 0.0229. The van der Waals surface area contributed by atoms with Gasteiger partial charge in [-0.15, -0.1) is 11.3 Å². The van der Waals surface area contributed by atoms with Crippen LogP contribution in [-0.2, 0) is 11.0 Å². The lowest BCUT2D eigenvalue weighted by Crippen LogP contribution is -2.23. The molecule has 2 heterocycles.